The van der Waals surface area contributed by atoms with Crippen LogP contribution >= 0.6 is 0 Å². The first-order valence-electron chi connectivity index (χ1n) is 9.60. The van der Waals surface area contributed by atoms with Crippen molar-refractivity contribution in [1.29, 1.82) is 0 Å². The first-order valence-corrected chi connectivity index (χ1v) is 9.60. The van der Waals surface area contributed by atoms with Crippen LogP contribution in [0.2, 0.25) is 0 Å². The number of hydrogen-bond acceptors (Lipinski definition) is 3. The van der Waals surface area contributed by atoms with Gasteiger partial charge in [0.25, 0.3) is 0 Å². The van der Waals surface area contributed by atoms with Crippen molar-refractivity contribution in [2.75, 3.05) is 0 Å². The van der Waals surface area contributed by atoms with Crippen LogP contribution in [0.3, 0.4) is 0 Å². The lowest BCUT2D eigenvalue weighted by Crippen LogP contribution is -2.34. The van der Waals surface area contributed by atoms with Gasteiger partial charge < -0.3 is 10.4 Å². The van der Waals surface area contributed by atoms with E-state index >= 15 is 0 Å². The maximum atomic E-state index is 12.3. The van der Waals surface area contributed by atoms with E-state index in [1.54, 1.807) is 0 Å². The monoisotopic (exact) mass is 350 g/mol. The molecule has 3 unspecified atom stereocenters. The second-order valence-electron chi connectivity index (χ2n) is 7.37. The number of aliphatic hydroxyl groups excluding tert-OH is 1. The zero-order chi connectivity index (χ0) is 17.9. The molecule has 4 rings (SSSR count). The number of amides is 1. The Morgan fingerprint density at radius 1 is 0.962 bits per heavy atom. The quantitative estimate of drug-likeness (QED) is 0.701. The summed E-state index contributed by atoms with van der Waals surface area (Å²) >= 11 is 0. The molecule has 0 saturated carbocycles. The van der Waals surface area contributed by atoms with E-state index in [1.807, 2.05) is 18.2 Å². The molecule has 0 aliphatic heterocycles. The fourth-order valence-corrected chi connectivity index (χ4v) is 4.29. The second kappa shape index (κ2) is 7.60. The van der Waals surface area contributed by atoms with Crippen LogP contribution in [0.5, 0.6) is 0 Å². The van der Waals surface area contributed by atoms with Crippen LogP contribution in [-0.4, -0.2) is 17.2 Å². The second-order valence-corrected chi connectivity index (χ2v) is 7.37. The molecular weight excluding hydrogens is 324 g/mol. The van der Waals surface area contributed by atoms with E-state index < -0.39 is 6.23 Å². The lowest BCUT2D eigenvalue weighted by molar-refractivity contribution is -0.122. The average molecular weight is 350 g/mol. The minimum absolute atomic E-state index is 0.0133. The van der Waals surface area contributed by atoms with Crippen LogP contribution in [0, 0.1) is 0 Å². The third kappa shape index (κ3) is 3.67. The Bertz CT molecular complexity index is 789. The van der Waals surface area contributed by atoms with Crippen LogP contribution in [0.4, 0.5) is 0 Å². The van der Waals surface area contributed by atoms with Gasteiger partial charge in [0.2, 0.25) is 5.91 Å². The number of aliphatic hydroxyl groups is 1. The standard InChI is InChI=1S/C22H26N2O2/c25-21(23-19-11-9-15-5-1-3-7-17(15)19)13-14-22(26)24-20-12-10-16-6-2-4-8-18(16)20/h1-8,19-21,23,25H,9-14H2,(H,24,26). The highest BCUT2D eigenvalue weighted by molar-refractivity contribution is 5.76. The summed E-state index contributed by atoms with van der Waals surface area (Å²) < 4.78 is 0. The van der Waals surface area contributed by atoms with Crippen LogP contribution in [-0.2, 0) is 17.6 Å². The molecule has 2 aromatic carbocycles. The van der Waals surface area contributed by atoms with Crippen LogP contribution in [0.1, 0.15) is 60.0 Å². The number of aryl methyl sites for hydroxylation is 2. The van der Waals surface area contributed by atoms with Crippen molar-refractivity contribution >= 4 is 5.91 Å². The molecule has 0 heterocycles. The van der Waals surface area contributed by atoms with Crippen molar-refractivity contribution in [2.24, 2.45) is 0 Å². The average Bonchev–Trinajstić information content (AvgIpc) is 3.25. The van der Waals surface area contributed by atoms with Gasteiger partial charge in [-0.1, -0.05) is 48.5 Å². The summed E-state index contributed by atoms with van der Waals surface area (Å²) in [5.74, 6) is 0.0133. The van der Waals surface area contributed by atoms with Gasteiger partial charge in [-0.15, -0.1) is 0 Å². The predicted molar refractivity (Wildman–Crippen MR) is 102 cm³/mol. The Morgan fingerprint density at radius 2 is 1.54 bits per heavy atom. The zero-order valence-electron chi connectivity index (χ0n) is 14.9. The fourth-order valence-electron chi connectivity index (χ4n) is 4.29. The molecule has 0 bridgehead atoms. The Balaban J connectivity index is 1.25. The summed E-state index contributed by atoms with van der Waals surface area (Å²) in [4.78, 5) is 12.3. The van der Waals surface area contributed by atoms with E-state index in [1.165, 1.54) is 22.3 Å². The fraction of sp³-hybridized carbons (Fsp3) is 0.409. The lowest BCUT2D eigenvalue weighted by atomic mass is 10.1. The summed E-state index contributed by atoms with van der Waals surface area (Å²) in [6, 6.07) is 17.0. The number of hydrogen-bond donors (Lipinski definition) is 3. The van der Waals surface area contributed by atoms with E-state index in [4.69, 9.17) is 0 Å². The van der Waals surface area contributed by atoms with Gasteiger partial charge in [0.1, 0.15) is 6.23 Å². The topological polar surface area (TPSA) is 61.4 Å². The number of nitrogens with one attached hydrogen (secondary N) is 2. The first-order chi connectivity index (χ1) is 12.7. The third-order valence-corrected chi connectivity index (χ3v) is 5.64. The lowest BCUT2D eigenvalue weighted by Gasteiger charge is -2.20. The highest BCUT2D eigenvalue weighted by Gasteiger charge is 2.25. The molecule has 0 spiro atoms. The van der Waals surface area contributed by atoms with Crippen molar-refractivity contribution in [3.05, 3.63) is 70.8 Å². The van der Waals surface area contributed by atoms with Crippen LogP contribution < -0.4 is 10.6 Å². The molecule has 0 saturated heterocycles. The Hall–Kier alpha value is -2.17. The highest BCUT2D eigenvalue weighted by Crippen LogP contribution is 2.32. The summed E-state index contributed by atoms with van der Waals surface area (Å²) in [7, 11) is 0. The molecule has 0 aromatic heterocycles. The van der Waals surface area contributed by atoms with Gasteiger partial charge in [-0.05, 0) is 54.4 Å². The molecule has 2 aromatic rings. The number of rotatable bonds is 6. The van der Waals surface area contributed by atoms with Crippen molar-refractivity contribution in [3.8, 4) is 0 Å². The minimum Gasteiger partial charge on any atom is -0.379 e. The van der Waals surface area contributed by atoms with Gasteiger partial charge in [-0.25, -0.2) is 0 Å². The van der Waals surface area contributed by atoms with Crippen molar-refractivity contribution < 1.29 is 9.90 Å². The first kappa shape index (κ1) is 17.3. The molecule has 136 valence electrons. The summed E-state index contributed by atoms with van der Waals surface area (Å²) in [6.45, 7) is 0. The molecule has 1 amide bonds. The zero-order valence-corrected chi connectivity index (χ0v) is 14.9. The van der Waals surface area contributed by atoms with Gasteiger partial charge in [-0.2, -0.15) is 0 Å². The smallest absolute Gasteiger partial charge is 0.220 e. The Kier molecular flexibility index (Phi) is 5.05. The molecule has 0 radical (unpaired) electrons. The number of benzene rings is 2. The summed E-state index contributed by atoms with van der Waals surface area (Å²) in [5, 5.41) is 16.7. The number of carbonyl (C=O) groups is 1. The van der Waals surface area contributed by atoms with E-state index in [-0.39, 0.29) is 18.0 Å². The van der Waals surface area contributed by atoms with Crippen molar-refractivity contribution in [2.45, 2.75) is 56.8 Å². The molecule has 2 aliphatic carbocycles. The van der Waals surface area contributed by atoms with Crippen molar-refractivity contribution in [3.63, 3.8) is 0 Å². The normalized spacial score (nSPS) is 21.9. The van der Waals surface area contributed by atoms with E-state index in [2.05, 4.69) is 41.0 Å². The van der Waals surface area contributed by atoms with Gasteiger partial charge >= 0.3 is 0 Å². The molecule has 0 fully saturated rings. The van der Waals surface area contributed by atoms with E-state index in [9.17, 15) is 9.90 Å². The maximum Gasteiger partial charge on any atom is 0.220 e. The minimum atomic E-state index is -0.659. The van der Waals surface area contributed by atoms with E-state index in [0.29, 0.717) is 12.8 Å². The third-order valence-electron chi connectivity index (χ3n) is 5.64. The Labute approximate surface area is 154 Å². The molecule has 3 atom stereocenters. The van der Waals surface area contributed by atoms with E-state index in [0.717, 1.165) is 25.7 Å². The van der Waals surface area contributed by atoms with Gasteiger partial charge in [-0.3, -0.25) is 10.1 Å². The number of fused-ring (bicyclic) bond motifs is 2. The van der Waals surface area contributed by atoms with Crippen LogP contribution in [0.25, 0.3) is 0 Å². The predicted octanol–water partition coefficient (Wildman–Crippen LogP) is 3.17. The molecule has 2 aliphatic rings. The molecular formula is C22H26N2O2. The molecule has 3 N–H and O–H groups in total. The van der Waals surface area contributed by atoms with Gasteiger partial charge in [0.05, 0.1) is 6.04 Å². The largest absolute Gasteiger partial charge is 0.379 e. The molecule has 26 heavy (non-hydrogen) atoms. The summed E-state index contributed by atoms with van der Waals surface area (Å²) in [5.41, 5.74) is 5.20. The highest BCUT2D eigenvalue weighted by atomic mass is 16.3. The maximum absolute atomic E-state index is 12.3. The molecule has 4 nitrogen and oxygen atoms in total. The van der Waals surface area contributed by atoms with Gasteiger partial charge in [0, 0.05) is 12.5 Å². The molecule has 4 heteroatoms. The van der Waals surface area contributed by atoms with Gasteiger partial charge in [0.15, 0.2) is 0 Å². The number of carbonyl (C=O) groups excluding carboxylic acids is 1. The van der Waals surface area contributed by atoms with Crippen LogP contribution in [0.15, 0.2) is 48.5 Å². The SMILES string of the molecule is O=C(CCC(O)NC1CCc2ccccc21)NC1CCc2ccccc21. The Morgan fingerprint density at radius 3 is 2.23 bits per heavy atom. The summed E-state index contributed by atoms with van der Waals surface area (Å²) in [6.07, 6.45) is 4.13. The van der Waals surface area contributed by atoms with Crippen molar-refractivity contribution in [1.82, 2.24) is 10.6 Å².